The monoisotopic (exact) mass is 283 g/mol. The zero-order chi connectivity index (χ0) is 14.5. The number of para-hydroxylation sites is 1. The molecular weight excluding hydrogens is 258 g/mol. The van der Waals surface area contributed by atoms with Crippen molar-refractivity contribution >= 4 is 0 Å². The molecule has 0 unspecified atom stereocenters. The van der Waals surface area contributed by atoms with E-state index in [-0.39, 0.29) is 0 Å². The summed E-state index contributed by atoms with van der Waals surface area (Å²) in [5, 5.41) is 3.63. The molecule has 3 rings (SSSR count). The molecule has 2 aromatic rings. The topological polar surface area (TPSA) is 29.9 Å². The summed E-state index contributed by atoms with van der Waals surface area (Å²) in [7, 11) is 0. The van der Waals surface area contributed by atoms with Crippen molar-refractivity contribution < 1.29 is 0 Å². The van der Waals surface area contributed by atoms with Gasteiger partial charge < -0.3 is 5.32 Å². The average molecular weight is 283 g/mol. The van der Waals surface area contributed by atoms with Gasteiger partial charge in [0.2, 0.25) is 0 Å². The Kier molecular flexibility index (Phi) is 4.71. The van der Waals surface area contributed by atoms with Crippen LogP contribution in [0.4, 0.5) is 0 Å². The van der Waals surface area contributed by atoms with Gasteiger partial charge in [-0.3, -0.25) is 4.57 Å². The average Bonchev–Trinajstić information content (AvgIpc) is 2.90. The minimum absolute atomic E-state index is 0.868. The van der Waals surface area contributed by atoms with Crippen molar-refractivity contribution in [1.82, 2.24) is 14.9 Å². The Labute approximate surface area is 127 Å². The number of nitrogens with one attached hydrogen (secondary N) is 1. The highest BCUT2D eigenvalue weighted by atomic mass is 15.1. The summed E-state index contributed by atoms with van der Waals surface area (Å²) in [6, 6.07) is 10.5. The standard InChI is InChI=1S/C18H25N3/c1-15-20-14-18(21(15)17-10-6-3-7-11-17)13-19-12-16-8-4-2-5-9-16/h3,6-7,10-11,14,16,19H,2,4-5,8-9,12-13H2,1H3. The summed E-state index contributed by atoms with van der Waals surface area (Å²) < 4.78 is 2.24. The molecule has 1 saturated carbocycles. The van der Waals surface area contributed by atoms with Gasteiger partial charge in [0.15, 0.2) is 0 Å². The predicted octanol–water partition coefficient (Wildman–Crippen LogP) is 3.85. The maximum Gasteiger partial charge on any atom is 0.110 e. The molecule has 1 aromatic heterocycles. The van der Waals surface area contributed by atoms with Crippen LogP contribution in [0.25, 0.3) is 5.69 Å². The molecule has 3 nitrogen and oxygen atoms in total. The van der Waals surface area contributed by atoms with Gasteiger partial charge in [-0.25, -0.2) is 4.98 Å². The van der Waals surface area contributed by atoms with Crippen molar-refractivity contribution in [3.63, 3.8) is 0 Å². The Morgan fingerprint density at radius 2 is 1.90 bits per heavy atom. The van der Waals surface area contributed by atoms with E-state index in [0.29, 0.717) is 0 Å². The van der Waals surface area contributed by atoms with Gasteiger partial charge in [-0.2, -0.15) is 0 Å². The van der Waals surface area contributed by atoms with Crippen molar-refractivity contribution in [1.29, 1.82) is 0 Å². The van der Waals surface area contributed by atoms with E-state index in [4.69, 9.17) is 0 Å². The van der Waals surface area contributed by atoms with Gasteiger partial charge in [-0.05, 0) is 44.4 Å². The number of imidazole rings is 1. The van der Waals surface area contributed by atoms with E-state index in [1.165, 1.54) is 43.5 Å². The normalized spacial score (nSPS) is 16.2. The lowest BCUT2D eigenvalue weighted by Gasteiger charge is -2.22. The largest absolute Gasteiger partial charge is 0.311 e. The second-order valence-corrected chi connectivity index (χ2v) is 6.10. The minimum Gasteiger partial charge on any atom is -0.311 e. The van der Waals surface area contributed by atoms with Crippen LogP contribution in [0.1, 0.15) is 43.6 Å². The summed E-state index contributed by atoms with van der Waals surface area (Å²) >= 11 is 0. The molecule has 1 aliphatic carbocycles. The fourth-order valence-electron chi connectivity index (χ4n) is 3.34. The van der Waals surface area contributed by atoms with Crippen molar-refractivity contribution in [3.05, 3.63) is 48.0 Å². The Hall–Kier alpha value is -1.61. The zero-order valence-corrected chi connectivity index (χ0v) is 12.9. The number of aryl methyl sites for hydroxylation is 1. The number of hydrogen-bond acceptors (Lipinski definition) is 2. The molecule has 21 heavy (non-hydrogen) atoms. The Balaban J connectivity index is 1.63. The van der Waals surface area contributed by atoms with Gasteiger partial charge in [-0.1, -0.05) is 37.5 Å². The van der Waals surface area contributed by atoms with Crippen molar-refractivity contribution in [2.75, 3.05) is 6.54 Å². The molecular formula is C18H25N3. The van der Waals surface area contributed by atoms with Crippen LogP contribution in [0.5, 0.6) is 0 Å². The molecule has 0 spiro atoms. The molecule has 1 heterocycles. The molecule has 1 aliphatic rings. The smallest absolute Gasteiger partial charge is 0.110 e. The van der Waals surface area contributed by atoms with Crippen LogP contribution >= 0.6 is 0 Å². The third-order valence-corrected chi connectivity index (χ3v) is 4.49. The lowest BCUT2D eigenvalue weighted by atomic mass is 9.89. The molecule has 0 amide bonds. The van der Waals surface area contributed by atoms with Crippen LogP contribution in [0.2, 0.25) is 0 Å². The van der Waals surface area contributed by atoms with Crippen molar-refractivity contribution in [2.24, 2.45) is 5.92 Å². The first-order valence-electron chi connectivity index (χ1n) is 8.14. The van der Waals surface area contributed by atoms with Gasteiger partial charge in [0.25, 0.3) is 0 Å². The number of aromatic nitrogens is 2. The first kappa shape index (κ1) is 14.3. The third kappa shape index (κ3) is 3.53. The van der Waals surface area contributed by atoms with Crippen LogP contribution in [0.15, 0.2) is 36.5 Å². The zero-order valence-electron chi connectivity index (χ0n) is 12.9. The molecule has 1 fully saturated rings. The lowest BCUT2D eigenvalue weighted by molar-refractivity contribution is 0.341. The summed E-state index contributed by atoms with van der Waals surface area (Å²) in [4.78, 5) is 4.48. The quantitative estimate of drug-likeness (QED) is 0.903. The van der Waals surface area contributed by atoms with Gasteiger partial charge >= 0.3 is 0 Å². The van der Waals surface area contributed by atoms with Crippen LogP contribution < -0.4 is 5.32 Å². The number of benzene rings is 1. The second-order valence-electron chi connectivity index (χ2n) is 6.10. The minimum atomic E-state index is 0.868. The molecule has 3 heteroatoms. The van der Waals surface area contributed by atoms with Gasteiger partial charge in [0.1, 0.15) is 5.82 Å². The summed E-state index contributed by atoms with van der Waals surface area (Å²) in [6.07, 6.45) is 9.03. The Bertz CT molecular complexity index is 553. The van der Waals surface area contributed by atoms with Crippen LogP contribution in [-0.4, -0.2) is 16.1 Å². The SMILES string of the molecule is Cc1ncc(CNCC2CCCCC2)n1-c1ccccc1. The van der Waals surface area contributed by atoms with Crippen molar-refractivity contribution in [2.45, 2.75) is 45.6 Å². The Morgan fingerprint density at radius 3 is 2.67 bits per heavy atom. The summed E-state index contributed by atoms with van der Waals surface area (Å²) in [6.45, 7) is 4.10. The molecule has 1 N–H and O–H groups in total. The van der Waals surface area contributed by atoms with Crippen LogP contribution in [0, 0.1) is 12.8 Å². The van der Waals surface area contributed by atoms with E-state index in [1.807, 2.05) is 6.20 Å². The fourth-order valence-corrected chi connectivity index (χ4v) is 3.34. The molecule has 1 aromatic carbocycles. The van der Waals surface area contributed by atoms with E-state index >= 15 is 0 Å². The first-order valence-corrected chi connectivity index (χ1v) is 8.14. The molecule has 0 aliphatic heterocycles. The van der Waals surface area contributed by atoms with E-state index in [1.54, 1.807) is 0 Å². The summed E-state index contributed by atoms with van der Waals surface area (Å²) in [5.74, 6) is 1.92. The van der Waals surface area contributed by atoms with E-state index in [2.05, 4.69) is 52.1 Å². The molecule has 0 saturated heterocycles. The van der Waals surface area contributed by atoms with E-state index in [0.717, 1.165) is 24.8 Å². The molecule has 0 radical (unpaired) electrons. The van der Waals surface area contributed by atoms with Crippen LogP contribution in [0.3, 0.4) is 0 Å². The number of rotatable bonds is 5. The highest BCUT2D eigenvalue weighted by Gasteiger charge is 2.13. The van der Waals surface area contributed by atoms with E-state index in [9.17, 15) is 0 Å². The van der Waals surface area contributed by atoms with E-state index < -0.39 is 0 Å². The third-order valence-electron chi connectivity index (χ3n) is 4.49. The van der Waals surface area contributed by atoms with Gasteiger partial charge in [0, 0.05) is 12.2 Å². The highest BCUT2D eigenvalue weighted by Crippen LogP contribution is 2.23. The maximum absolute atomic E-state index is 4.48. The summed E-state index contributed by atoms with van der Waals surface area (Å²) in [5.41, 5.74) is 2.44. The molecule has 112 valence electrons. The second kappa shape index (κ2) is 6.90. The number of nitrogens with zero attached hydrogens (tertiary/aromatic N) is 2. The lowest BCUT2D eigenvalue weighted by Crippen LogP contribution is -2.25. The van der Waals surface area contributed by atoms with Gasteiger partial charge in [-0.15, -0.1) is 0 Å². The highest BCUT2D eigenvalue weighted by molar-refractivity contribution is 5.35. The fraction of sp³-hybridized carbons (Fsp3) is 0.500. The molecule has 0 atom stereocenters. The Morgan fingerprint density at radius 1 is 1.14 bits per heavy atom. The van der Waals surface area contributed by atoms with Gasteiger partial charge in [0.05, 0.1) is 11.9 Å². The first-order chi connectivity index (χ1) is 10.3. The predicted molar refractivity (Wildman–Crippen MR) is 86.6 cm³/mol. The molecule has 0 bridgehead atoms. The number of hydrogen-bond donors (Lipinski definition) is 1. The van der Waals surface area contributed by atoms with Crippen molar-refractivity contribution in [3.8, 4) is 5.69 Å². The van der Waals surface area contributed by atoms with Crippen LogP contribution in [-0.2, 0) is 6.54 Å². The maximum atomic E-state index is 4.48.